The summed E-state index contributed by atoms with van der Waals surface area (Å²) in [4.78, 5) is 4.26. The molecule has 2 aliphatic rings. The van der Waals surface area contributed by atoms with Crippen molar-refractivity contribution in [3.63, 3.8) is 0 Å². The minimum absolute atomic E-state index is 0.351. The number of nitrogens with zero attached hydrogens (tertiary/aromatic N) is 1. The maximum atomic E-state index is 3.84. The molecule has 0 radical (unpaired) electrons. The van der Waals surface area contributed by atoms with E-state index in [1.54, 1.807) is 0 Å². The number of piperazine rings is 1. The molecule has 21 heavy (non-hydrogen) atoms. The maximum absolute atomic E-state index is 3.84. The molecule has 2 unspecified atom stereocenters. The van der Waals surface area contributed by atoms with Gasteiger partial charge in [0.1, 0.15) is 0 Å². The number of halogens is 1. The summed E-state index contributed by atoms with van der Waals surface area (Å²) in [7, 11) is 0. The Bertz CT molecular complexity index is 483. The summed E-state index contributed by atoms with van der Waals surface area (Å²) in [6, 6.07) is 5.12. The Hall–Kier alpha value is 0.1000. The smallest absolute Gasteiger partial charge is 0.0701 e. The molecule has 4 heteroatoms. The van der Waals surface area contributed by atoms with Crippen molar-refractivity contribution < 1.29 is 0 Å². The lowest BCUT2D eigenvalue weighted by atomic mass is 9.88. The van der Waals surface area contributed by atoms with E-state index in [9.17, 15) is 0 Å². The molecule has 0 spiro atoms. The van der Waals surface area contributed by atoms with Gasteiger partial charge >= 0.3 is 0 Å². The molecule has 118 valence electrons. The molecule has 2 nitrogen and oxygen atoms in total. The van der Waals surface area contributed by atoms with Gasteiger partial charge in [0.15, 0.2) is 0 Å². The summed E-state index contributed by atoms with van der Waals surface area (Å²) in [5.41, 5.74) is 0.351. The molecule has 3 rings (SSSR count). The Morgan fingerprint density at radius 3 is 2.76 bits per heavy atom. The summed E-state index contributed by atoms with van der Waals surface area (Å²) < 4.78 is 1.25. The van der Waals surface area contributed by atoms with Crippen LogP contribution in [0.15, 0.2) is 15.9 Å². The van der Waals surface area contributed by atoms with Gasteiger partial charge in [0.05, 0.1) is 3.79 Å². The lowest BCUT2D eigenvalue weighted by molar-refractivity contribution is 0.0246. The fraction of sp³-hybridized carbons (Fsp3) is 0.765. The highest BCUT2D eigenvalue weighted by atomic mass is 79.9. The van der Waals surface area contributed by atoms with Gasteiger partial charge in [-0.1, -0.05) is 13.8 Å². The fourth-order valence-corrected chi connectivity index (χ4v) is 5.21. The van der Waals surface area contributed by atoms with Gasteiger partial charge in [-0.3, -0.25) is 4.90 Å². The lowest BCUT2D eigenvalue weighted by Gasteiger charge is -2.49. The van der Waals surface area contributed by atoms with Crippen LogP contribution in [0.5, 0.6) is 0 Å². The molecule has 1 N–H and O–H groups in total. The van der Waals surface area contributed by atoms with Crippen molar-refractivity contribution in [3.05, 3.63) is 20.8 Å². The second kappa shape index (κ2) is 6.31. The van der Waals surface area contributed by atoms with Crippen LogP contribution in [0.1, 0.15) is 44.9 Å². The molecule has 1 saturated carbocycles. The first kappa shape index (κ1) is 16.0. The van der Waals surface area contributed by atoms with Crippen molar-refractivity contribution >= 4 is 27.3 Å². The SMILES string of the molecule is CC(C)CC1CN(Cc2ccc(Br)s2)C(C)(C2CC2)CN1. The van der Waals surface area contributed by atoms with Crippen molar-refractivity contribution in [2.24, 2.45) is 11.8 Å². The highest BCUT2D eigenvalue weighted by Crippen LogP contribution is 2.45. The third-order valence-electron chi connectivity index (χ3n) is 5.10. The van der Waals surface area contributed by atoms with Crippen LogP contribution < -0.4 is 5.32 Å². The average molecular weight is 371 g/mol. The molecule has 0 aromatic carbocycles. The van der Waals surface area contributed by atoms with Crippen LogP contribution in [0.4, 0.5) is 0 Å². The largest absolute Gasteiger partial charge is 0.311 e. The van der Waals surface area contributed by atoms with Crippen LogP contribution in [-0.2, 0) is 6.54 Å². The summed E-state index contributed by atoms with van der Waals surface area (Å²) >= 11 is 5.48. The van der Waals surface area contributed by atoms with Crippen LogP contribution in [-0.4, -0.2) is 29.6 Å². The van der Waals surface area contributed by atoms with E-state index in [0.29, 0.717) is 11.6 Å². The van der Waals surface area contributed by atoms with Gasteiger partial charge in [-0.2, -0.15) is 0 Å². The third-order valence-corrected chi connectivity index (χ3v) is 6.71. The van der Waals surface area contributed by atoms with Crippen LogP contribution in [0.25, 0.3) is 0 Å². The number of hydrogen-bond donors (Lipinski definition) is 1. The Morgan fingerprint density at radius 1 is 1.43 bits per heavy atom. The molecule has 1 aliphatic carbocycles. The molecule has 1 aromatic heterocycles. The highest BCUT2D eigenvalue weighted by Gasteiger charge is 2.48. The van der Waals surface area contributed by atoms with Crippen molar-refractivity contribution in [2.45, 2.75) is 58.2 Å². The Kier molecular flexibility index (Phi) is 4.80. The zero-order valence-corrected chi connectivity index (χ0v) is 15.8. The fourth-order valence-electron chi connectivity index (χ4n) is 3.71. The van der Waals surface area contributed by atoms with E-state index in [-0.39, 0.29) is 0 Å². The number of hydrogen-bond acceptors (Lipinski definition) is 3. The molecule has 1 aromatic rings. The van der Waals surface area contributed by atoms with Crippen LogP contribution >= 0.6 is 27.3 Å². The summed E-state index contributed by atoms with van der Waals surface area (Å²) in [5.74, 6) is 1.67. The van der Waals surface area contributed by atoms with E-state index in [1.807, 2.05) is 11.3 Å². The highest BCUT2D eigenvalue weighted by molar-refractivity contribution is 9.11. The molecule has 2 heterocycles. The van der Waals surface area contributed by atoms with E-state index >= 15 is 0 Å². The van der Waals surface area contributed by atoms with E-state index in [1.165, 1.54) is 34.5 Å². The standard InChI is InChI=1S/C17H27BrN2S/c1-12(2)8-14-9-20(10-15-6-7-16(18)21-15)17(3,11-19-14)13-4-5-13/h6-7,12-14,19H,4-5,8-11H2,1-3H3. The Morgan fingerprint density at radius 2 is 2.19 bits per heavy atom. The van der Waals surface area contributed by atoms with Gasteiger partial charge in [-0.25, -0.2) is 0 Å². The van der Waals surface area contributed by atoms with Gasteiger partial charge in [0.2, 0.25) is 0 Å². The summed E-state index contributed by atoms with van der Waals surface area (Å²) in [6.45, 7) is 10.6. The van der Waals surface area contributed by atoms with Crippen molar-refractivity contribution in [1.82, 2.24) is 10.2 Å². The molecular weight excluding hydrogens is 344 g/mol. The normalized spacial score (nSPS) is 31.0. The first-order valence-electron chi connectivity index (χ1n) is 8.20. The van der Waals surface area contributed by atoms with Gasteiger partial charge in [-0.15, -0.1) is 11.3 Å². The number of thiophene rings is 1. The zero-order valence-electron chi connectivity index (χ0n) is 13.4. The zero-order chi connectivity index (χ0) is 15.0. The molecule has 1 saturated heterocycles. The number of rotatable bonds is 5. The van der Waals surface area contributed by atoms with E-state index < -0.39 is 0 Å². The molecule has 0 bridgehead atoms. The molecule has 2 atom stereocenters. The van der Waals surface area contributed by atoms with Crippen LogP contribution in [0, 0.1) is 11.8 Å². The van der Waals surface area contributed by atoms with E-state index in [2.05, 4.69) is 59.1 Å². The minimum atomic E-state index is 0.351. The topological polar surface area (TPSA) is 15.3 Å². The van der Waals surface area contributed by atoms with Gasteiger partial charge in [-0.05, 0) is 66.1 Å². The second-order valence-electron chi connectivity index (χ2n) is 7.43. The first-order chi connectivity index (χ1) is 9.97. The lowest BCUT2D eigenvalue weighted by Crippen LogP contribution is -2.64. The van der Waals surface area contributed by atoms with Crippen molar-refractivity contribution in [3.8, 4) is 0 Å². The third kappa shape index (κ3) is 3.72. The van der Waals surface area contributed by atoms with Crippen LogP contribution in [0.2, 0.25) is 0 Å². The predicted molar refractivity (Wildman–Crippen MR) is 94.8 cm³/mol. The Balaban J connectivity index is 1.73. The molecule has 0 amide bonds. The molecule has 2 fully saturated rings. The Labute approximate surface area is 141 Å². The molecular formula is C17H27BrN2S. The summed E-state index contributed by atoms with van der Waals surface area (Å²) in [6.07, 6.45) is 4.11. The minimum Gasteiger partial charge on any atom is -0.311 e. The van der Waals surface area contributed by atoms with Crippen molar-refractivity contribution in [2.75, 3.05) is 13.1 Å². The second-order valence-corrected chi connectivity index (χ2v) is 9.97. The quantitative estimate of drug-likeness (QED) is 0.820. The van der Waals surface area contributed by atoms with Crippen LogP contribution in [0.3, 0.4) is 0 Å². The average Bonchev–Trinajstić information content (AvgIpc) is 3.18. The van der Waals surface area contributed by atoms with E-state index in [0.717, 1.165) is 24.9 Å². The first-order valence-corrected chi connectivity index (χ1v) is 9.81. The monoisotopic (exact) mass is 370 g/mol. The van der Waals surface area contributed by atoms with E-state index in [4.69, 9.17) is 0 Å². The van der Waals surface area contributed by atoms with Gasteiger partial charge < -0.3 is 5.32 Å². The number of nitrogens with one attached hydrogen (secondary N) is 1. The predicted octanol–water partition coefficient (Wildman–Crippen LogP) is 4.50. The van der Waals surface area contributed by atoms with Gasteiger partial charge in [0.25, 0.3) is 0 Å². The van der Waals surface area contributed by atoms with Gasteiger partial charge in [0, 0.05) is 36.1 Å². The maximum Gasteiger partial charge on any atom is 0.0701 e. The van der Waals surface area contributed by atoms with Crippen molar-refractivity contribution in [1.29, 1.82) is 0 Å². The molecule has 1 aliphatic heterocycles. The summed E-state index contributed by atoms with van der Waals surface area (Å²) in [5, 5.41) is 3.84.